The Morgan fingerprint density at radius 3 is 2.11 bits per heavy atom. The fourth-order valence-corrected chi connectivity index (χ4v) is 5.34. The Hall–Kier alpha value is -3.80. The third-order valence-electron chi connectivity index (χ3n) is 7.48. The van der Waals surface area contributed by atoms with Crippen LogP contribution < -0.4 is 14.3 Å². The number of ether oxygens (including phenoxy) is 4. The molecular formula is C27H30O19S. The van der Waals surface area contributed by atoms with Crippen LogP contribution in [0, 0.1) is 0 Å². The summed E-state index contributed by atoms with van der Waals surface area (Å²) in [5.74, 6) is -4.22. The number of phenols is 3. The van der Waals surface area contributed by atoms with Gasteiger partial charge in [0.1, 0.15) is 59.4 Å². The summed E-state index contributed by atoms with van der Waals surface area (Å²) in [7, 11) is -5.08. The fourth-order valence-electron chi connectivity index (χ4n) is 5.00. The second kappa shape index (κ2) is 13.0. The quantitative estimate of drug-likeness (QED) is 0.0884. The van der Waals surface area contributed by atoms with Crippen molar-refractivity contribution in [1.29, 1.82) is 0 Å². The van der Waals surface area contributed by atoms with Gasteiger partial charge in [0.15, 0.2) is 29.3 Å². The Kier molecular flexibility index (Phi) is 9.56. The lowest BCUT2D eigenvalue weighted by molar-refractivity contribution is -0.318. The largest absolute Gasteiger partial charge is 0.507 e. The second-order valence-electron chi connectivity index (χ2n) is 10.8. The molecule has 3 heterocycles. The average Bonchev–Trinajstić information content (AvgIpc) is 2.99. The first-order valence-electron chi connectivity index (χ1n) is 13.7. The highest BCUT2D eigenvalue weighted by Crippen LogP contribution is 2.40. The molecule has 20 heteroatoms. The predicted octanol–water partition coefficient (Wildman–Crippen LogP) is -2.21. The van der Waals surface area contributed by atoms with Gasteiger partial charge in [-0.15, -0.1) is 0 Å². The van der Waals surface area contributed by atoms with E-state index in [1.807, 2.05) is 0 Å². The minimum atomic E-state index is -5.08. The molecule has 0 bridgehead atoms. The molecule has 258 valence electrons. The van der Waals surface area contributed by atoms with E-state index in [0.717, 1.165) is 24.3 Å². The molecule has 5 rings (SSSR count). The summed E-state index contributed by atoms with van der Waals surface area (Å²) in [5.41, 5.74) is -1.85. The molecule has 2 saturated heterocycles. The first kappa shape index (κ1) is 34.5. The van der Waals surface area contributed by atoms with Crippen molar-refractivity contribution in [3.63, 3.8) is 0 Å². The van der Waals surface area contributed by atoms with Gasteiger partial charge in [-0.25, -0.2) is 0 Å². The molecule has 0 amide bonds. The van der Waals surface area contributed by atoms with Gasteiger partial charge in [0.2, 0.25) is 17.5 Å². The van der Waals surface area contributed by atoms with E-state index in [1.165, 1.54) is 6.92 Å². The fraction of sp³-hybridized carbons (Fsp3) is 0.444. The van der Waals surface area contributed by atoms with Crippen molar-refractivity contribution in [2.24, 2.45) is 0 Å². The Balaban J connectivity index is 1.51. The third-order valence-corrected chi connectivity index (χ3v) is 7.88. The maximum atomic E-state index is 13.7. The van der Waals surface area contributed by atoms with E-state index in [9.17, 15) is 59.2 Å². The van der Waals surface area contributed by atoms with Crippen molar-refractivity contribution in [2.45, 2.75) is 68.3 Å². The van der Waals surface area contributed by atoms with E-state index in [0.29, 0.717) is 6.07 Å². The van der Waals surface area contributed by atoms with Crippen LogP contribution in [0.1, 0.15) is 6.92 Å². The van der Waals surface area contributed by atoms with E-state index < -0.39 is 129 Å². The van der Waals surface area contributed by atoms with Crippen LogP contribution in [-0.2, 0) is 24.6 Å². The number of hydrogen-bond donors (Lipinski definition) is 10. The van der Waals surface area contributed by atoms with Crippen LogP contribution in [0.3, 0.4) is 0 Å². The minimum Gasteiger partial charge on any atom is -0.507 e. The van der Waals surface area contributed by atoms with Crippen LogP contribution in [0.25, 0.3) is 22.3 Å². The molecule has 10 atom stereocenters. The summed E-state index contributed by atoms with van der Waals surface area (Å²) in [6.07, 6.45) is -16.7. The van der Waals surface area contributed by atoms with E-state index in [2.05, 4.69) is 4.18 Å². The number of hydrogen-bond acceptors (Lipinski definition) is 18. The molecule has 0 spiro atoms. The van der Waals surface area contributed by atoms with Crippen molar-refractivity contribution in [2.75, 3.05) is 6.61 Å². The summed E-state index contributed by atoms with van der Waals surface area (Å²) in [5, 5.41) is 91.8. The number of aliphatic hydroxyl groups is 6. The lowest BCUT2D eigenvalue weighted by Gasteiger charge is -2.42. The zero-order valence-corrected chi connectivity index (χ0v) is 24.7. The molecular weight excluding hydrogens is 660 g/mol. The SMILES string of the molecule is CC1OC(OCC2OC(Oc3c(-c4ccc(O)c(O)c4)oc4cc(OS(=O)(=O)O)cc(O)c4c3=O)C(O)C(O)C2O)C(O)C(O)C1O. The van der Waals surface area contributed by atoms with Gasteiger partial charge in [-0.05, 0) is 25.1 Å². The Labute approximate surface area is 263 Å². The van der Waals surface area contributed by atoms with Crippen molar-refractivity contribution in [3.05, 3.63) is 40.6 Å². The Bertz CT molecular complexity index is 1790. The molecule has 2 aromatic carbocycles. The molecule has 0 saturated carbocycles. The van der Waals surface area contributed by atoms with Gasteiger partial charge in [0.25, 0.3) is 0 Å². The van der Waals surface area contributed by atoms with Crippen LogP contribution in [0.2, 0.25) is 0 Å². The minimum absolute atomic E-state index is 0.154. The topological polar surface area (TPSA) is 313 Å². The molecule has 19 nitrogen and oxygen atoms in total. The molecule has 2 aliphatic rings. The van der Waals surface area contributed by atoms with Crippen LogP contribution in [0.5, 0.6) is 28.7 Å². The lowest BCUT2D eigenvalue weighted by atomic mass is 9.98. The maximum Gasteiger partial charge on any atom is 0.446 e. The summed E-state index contributed by atoms with van der Waals surface area (Å²) in [6, 6.07) is 4.56. The third kappa shape index (κ3) is 6.93. The molecule has 3 aromatic rings. The number of phenolic OH excluding ortho intramolecular Hbond substituents is 3. The molecule has 0 aliphatic carbocycles. The zero-order chi connectivity index (χ0) is 34.5. The summed E-state index contributed by atoms with van der Waals surface area (Å²) in [6.45, 7) is 0.733. The molecule has 2 fully saturated rings. The van der Waals surface area contributed by atoms with Gasteiger partial charge in [-0.1, -0.05) is 0 Å². The Morgan fingerprint density at radius 1 is 0.787 bits per heavy atom. The first-order chi connectivity index (χ1) is 22.0. The monoisotopic (exact) mass is 690 g/mol. The van der Waals surface area contributed by atoms with Gasteiger partial charge in [0, 0.05) is 17.7 Å². The highest BCUT2D eigenvalue weighted by molar-refractivity contribution is 7.81. The number of aromatic hydroxyl groups is 3. The van der Waals surface area contributed by atoms with E-state index in [1.54, 1.807) is 0 Å². The maximum absolute atomic E-state index is 13.7. The van der Waals surface area contributed by atoms with Crippen molar-refractivity contribution < 1.29 is 86.5 Å². The predicted molar refractivity (Wildman–Crippen MR) is 151 cm³/mol. The summed E-state index contributed by atoms with van der Waals surface area (Å²) in [4.78, 5) is 13.7. The van der Waals surface area contributed by atoms with Crippen LogP contribution in [0.4, 0.5) is 0 Å². The van der Waals surface area contributed by atoms with Crippen LogP contribution in [-0.4, -0.2) is 127 Å². The number of fused-ring (bicyclic) bond motifs is 1. The molecule has 10 N–H and O–H groups in total. The van der Waals surface area contributed by atoms with Gasteiger partial charge < -0.3 is 73.5 Å². The van der Waals surface area contributed by atoms with Gasteiger partial charge >= 0.3 is 10.4 Å². The molecule has 1 aromatic heterocycles. The summed E-state index contributed by atoms with van der Waals surface area (Å²) >= 11 is 0. The van der Waals surface area contributed by atoms with Crippen molar-refractivity contribution >= 4 is 21.4 Å². The first-order valence-corrected chi connectivity index (χ1v) is 15.0. The Morgan fingerprint density at radius 2 is 1.45 bits per heavy atom. The van der Waals surface area contributed by atoms with E-state index >= 15 is 0 Å². The van der Waals surface area contributed by atoms with E-state index in [-0.39, 0.29) is 5.56 Å². The van der Waals surface area contributed by atoms with Gasteiger partial charge in [-0.3, -0.25) is 9.35 Å². The highest BCUT2D eigenvalue weighted by atomic mass is 32.3. The lowest BCUT2D eigenvalue weighted by Crippen LogP contribution is -2.61. The van der Waals surface area contributed by atoms with Crippen LogP contribution >= 0.6 is 0 Å². The number of rotatable bonds is 8. The highest BCUT2D eigenvalue weighted by Gasteiger charge is 2.48. The van der Waals surface area contributed by atoms with Gasteiger partial charge in [-0.2, -0.15) is 8.42 Å². The van der Waals surface area contributed by atoms with Gasteiger partial charge in [0.05, 0.1) is 12.7 Å². The number of aliphatic hydroxyl groups excluding tert-OH is 6. The van der Waals surface area contributed by atoms with Crippen molar-refractivity contribution in [1.82, 2.24) is 0 Å². The van der Waals surface area contributed by atoms with E-state index in [4.69, 9.17) is 27.9 Å². The molecule has 0 radical (unpaired) electrons. The average molecular weight is 691 g/mol. The normalized spacial score (nSPS) is 31.5. The van der Waals surface area contributed by atoms with Crippen molar-refractivity contribution in [3.8, 4) is 40.1 Å². The molecule has 2 aliphatic heterocycles. The number of benzene rings is 2. The standard InChI is InChI=1S/C27H30O19S/c1-8-17(31)20(34)22(36)26(42-8)41-7-15-18(32)21(35)23(37)27(44-15)45-25-19(33)16-13(30)5-10(46-47(38,39)40)6-14(16)43-24(25)9-2-3-11(28)12(29)4-9/h2-6,8,15,17-18,20-23,26-32,34-37H,7H2,1H3,(H,38,39,40). The smallest absolute Gasteiger partial charge is 0.446 e. The summed E-state index contributed by atoms with van der Waals surface area (Å²) < 4.78 is 63.5. The second-order valence-corrected chi connectivity index (χ2v) is 11.8. The molecule has 47 heavy (non-hydrogen) atoms. The molecule has 10 unspecified atom stereocenters. The van der Waals surface area contributed by atoms with Crippen LogP contribution in [0.15, 0.2) is 39.5 Å². The zero-order valence-electron chi connectivity index (χ0n) is 23.9.